The van der Waals surface area contributed by atoms with Gasteiger partial charge in [0.15, 0.2) is 0 Å². The van der Waals surface area contributed by atoms with E-state index in [-0.39, 0.29) is 0 Å². The molecule has 0 aliphatic heterocycles. The van der Waals surface area contributed by atoms with Crippen LogP contribution in [0, 0.1) is 13.8 Å². The lowest BCUT2D eigenvalue weighted by molar-refractivity contribution is 0.412. The second kappa shape index (κ2) is 7.20. The molecule has 19 heavy (non-hydrogen) atoms. The Hall–Kier alpha value is -1.47. The second-order valence-corrected chi connectivity index (χ2v) is 4.58. The van der Waals surface area contributed by atoms with Crippen LogP contribution in [0.4, 0.5) is 0 Å². The molecule has 0 aliphatic carbocycles. The van der Waals surface area contributed by atoms with E-state index in [1.807, 2.05) is 39.0 Å². The molecule has 0 saturated heterocycles. The topological polar surface area (TPSA) is 9.23 Å². The van der Waals surface area contributed by atoms with Crippen LogP contribution in [0.2, 0.25) is 5.02 Å². The maximum atomic E-state index is 6.02. The van der Waals surface area contributed by atoms with Crippen molar-refractivity contribution in [2.24, 2.45) is 0 Å². The largest absolute Gasteiger partial charge is 0.496 e. The molecule has 0 N–H and O–H groups in total. The van der Waals surface area contributed by atoms with Crippen LogP contribution in [-0.2, 0) is 0 Å². The number of benzene rings is 2. The number of hydrogen-bond acceptors (Lipinski definition) is 1. The van der Waals surface area contributed by atoms with Gasteiger partial charge in [-0.15, -0.1) is 0 Å². The molecule has 2 heteroatoms. The Morgan fingerprint density at radius 1 is 0.947 bits per heavy atom. The smallest absolute Gasteiger partial charge is 0.122 e. The minimum atomic E-state index is 0.751. The molecule has 0 unspecified atom stereocenters. The lowest BCUT2D eigenvalue weighted by Gasteiger charge is -2.11. The third-order valence-corrected chi connectivity index (χ3v) is 3.11. The molecule has 2 aromatic rings. The highest BCUT2D eigenvalue weighted by molar-refractivity contribution is 6.30. The molecular formula is C17H21ClO. The molecule has 0 atom stereocenters. The number of halogens is 1. The van der Waals surface area contributed by atoms with Gasteiger partial charge in [0.05, 0.1) is 7.11 Å². The standard InChI is InChI=1S/C15H15ClO.C2H6/c1-10-7-11(2)15(17-3)9-14(10)12-5-4-6-13(16)8-12;1-2/h4-9H,1-3H3;1-2H3. The van der Waals surface area contributed by atoms with Crippen molar-refractivity contribution in [1.82, 2.24) is 0 Å². The monoisotopic (exact) mass is 276 g/mol. The summed E-state index contributed by atoms with van der Waals surface area (Å²) in [6, 6.07) is 12.1. The highest BCUT2D eigenvalue weighted by Crippen LogP contribution is 2.31. The summed E-state index contributed by atoms with van der Waals surface area (Å²) in [7, 11) is 1.69. The van der Waals surface area contributed by atoms with Gasteiger partial charge in [0.1, 0.15) is 5.75 Å². The predicted octanol–water partition coefficient (Wildman–Crippen LogP) is 5.66. The Labute approximate surface area is 121 Å². The van der Waals surface area contributed by atoms with Gasteiger partial charge < -0.3 is 4.74 Å². The average molecular weight is 277 g/mol. The van der Waals surface area contributed by atoms with Gasteiger partial charge in [0, 0.05) is 5.02 Å². The van der Waals surface area contributed by atoms with Gasteiger partial charge in [-0.2, -0.15) is 0 Å². The maximum Gasteiger partial charge on any atom is 0.122 e. The Morgan fingerprint density at radius 3 is 2.21 bits per heavy atom. The first-order valence-electron chi connectivity index (χ1n) is 6.53. The molecule has 2 aromatic carbocycles. The number of rotatable bonds is 2. The molecule has 2 rings (SSSR count). The predicted molar refractivity (Wildman–Crippen MR) is 84.3 cm³/mol. The summed E-state index contributed by atoms with van der Waals surface area (Å²) in [4.78, 5) is 0. The highest BCUT2D eigenvalue weighted by Gasteiger charge is 2.07. The van der Waals surface area contributed by atoms with Crippen LogP contribution < -0.4 is 4.74 Å². The number of hydrogen-bond donors (Lipinski definition) is 0. The van der Waals surface area contributed by atoms with Crippen molar-refractivity contribution in [2.75, 3.05) is 7.11 Å². The van der Waals surface area contributed by atoms with Crippen molar-refractivity contribution in [2.45, 2.75) is 27.7 Å². The molecule has 0 aliphatic rings. The van der Waals surface area contributed by atoms with E-state index in [0.29, 0.717) is 0 Å². The second-order valence-electron chi connectivity index (χ2n) is 4.15. The third-order valence-electron chi connectivity index (χ3n) is 2.88. The maximum absolute atomic E-state index is 6.02. The van der Waals surface area contributed by atoms with Crippen LogP contribution in [0.5, 0.6) is 5.75 Å². The summed E-state index contributed by atoms with van der Waals surface area (Å²) in [5, 5.41) is 0.751. The minimum Gasteiger partial charge on any atom is -0.496 e. The van der Waals surface area contributed by atoms with Crippen LogP contribution >= 0.6 is 11.6 Å². The summed E-state index contributed by atoms with van der Waals surface area (Å²) in [6.45, 7) is 8.15. The summed E-state index contributed by atoms with van der Waals surface area (Å²) in [5.74, 6) is 0.908. The van der Waals surface area contributed by atoms with Crippen LogP contribution in [0.15, 0.2) is 36.4 Å². The number of methoxy groups -OCH3 is 1. The van der Waals surface area contributed by atoms with Crippen molar-refractivity contribution in [3.05, 3.63) is 52.5 Å². The van der Waals surface area contributed by atoms with Crippen molar-refractivity contribution in [3.63, 3.8) is 0 Å². The molecular weight excluding hydrogens is 256 g/mol. The molecule has 0 bridgehead atoms. The van der Waals surface area contributed by atoms with Crippen molar-refractivity contribution >= 4 is 11.6 Å². The molecule has 102 valence electrons. The highest BCUT2D eigenvalue weighted by atomic mass is 35.5. The SMILES string of the molecule is CC.COc1cc(-c2cccc(Cl)c2)c(C)cc1C. The van der Waals surface area contributed by atoms with E-state index in [0.717, 1.165) is 27.5 Å². The third kappa shape index (κ3) is 3.74. The van der Waals surface area contributed by atoms with Crippen LogP contribution in [0.25, 0.3) is 11.1 Å². The summed E-state index contributed by atoms with van der Waals surface area (Å²) < 4.78 is 5.36. The van der Waals surface area contributed by atoms with Gasteiger partial charge in [-0.3, -0.25) is 0 Å². The normalized spacial score (nSPS) is 9.58. The van der Waals surface area contributed by atoms with Crippen molar-refractivity contribution in [3.8, 4) is 16.9 Å². The van der Waals surface area contributed by atoms with Crippen LogP contribution in [0.1, 0.15) is 25.0 Å². The first-order valence-corrected chi connectivity index (χ1v) is 6.91. The van der Waals surface area contributed by atoms with Gasteiger partial charge >= 0.3 is 0 Å². The van der Waals surface area contributed by atoms with E-state index >= 15 is 0 Å². The molecule has 0 amide bonds. The Bertz CT molecular complexity index is 547. The molecule has 0 spiro atoms. The summed E-state index contributed by atoms with van der Waals surface area (Å²) in [6.07, 6.45) is 0. The zero-order valence-corrected chi connectivity index (χ0v) is 13.0. The fourth-order valence-electron chi connectivity index (χ4n) is 2.02. The average Bonchev–Trinajstić information content (AvgIpc) is 2.41. The first-order chi connectivity index (χ1) is 9.11. The van der Waals surface area contributed by atoms with Crippen molar-refractivity contribution < 1.29 is 4.74 Å². The lowest BCUT2D eigenvalue weighted by atomic mass is 9.98. The van der Waals surface area contributed by atoms with Gasteiger partial charge in [-0.05, 0) is 54.3 Å². The summed E-state index contributed by atoms with van der Waals surface area (Å²) >= 11 is 6.02. The van der Waals surface area contributed by atoms with Gasteiger partial charge in [-0.1, -0.05) is 43.6 Å². The van der Waals surface area contributed by atoms with Gasteiger partial charge in [0.2, 0.25) is 0 Å². The molecule has 0 aromatic heterocycles. The fourth-order valence-corrected chi connectivity index (χ4v) is 2.21. The number of ether oxygens (including phenoxy) is 1. The molecule has 0 radical (unpaired) electrons. The van der Waals surface area contributed by atoms with E-state index in [1.165, 1.54) is 5.56 Å². The van der Waals surface area contributed by atoms with Crippen LogP contribution in [-0.4, -0.2) is 7.11 Å². The van der Waals surface area contributed by atoms with E-state index in [9.17, 15) is 0 Å². The Kier molecular flexibility index (Phi) is 5.91. The van der Waals surface area contributed by atoms with Gasteiger partial charge in [-0.25, -0.2) is 0 Å². The van der Waals surface area contributed by atoms with E-state index < -0.39 is 0 Å². The molecule has 0 heterocycles. The Morgan fingerprint density at radius 2 is 1.63 bits per heavy atom. The zero-order chi connectivity index (χ0) is 14.4. The summed E-state index contributed by atoms with van der Waals surface area (Å²) in [5.41, 5.74) is 4.66. The molecule has 0 fully saturated rings. The van der Waals surface area contributed by atoms with Gasteiger partial charge in [0.25, 0.3) is 0 Å². The first kappa shape index (κ1) is 15.6. The van der Waals surface area contributed by atoms with E-state index in [1.54, 1.807) is 7.11 Å². The van der Waals surface area contributed by atoms with Crippen molar-refractivity contribution in [1.29, 1.82) is 0 Å². The van der Waals surface area contributed by atoms with Crippen LogP contribution in [0.3, 0.4) is 0 Å². The number of aryl methyl sites for hydroxylation is 2. The zero-order valence-electron chi connectivity index (χ0n) is 12.3. The fraction of sp³-hybridized carbons (Fsp3) is 0.294. The quantitative estimate of drug-likeness (QED) is 0.688. The molecule has 1 nitrogen and oxygen atoms in total. The minimum absolute atomic E-state index is 0.751. The lowest BCUT2D eigenvalue weighted by Crippen LogP contribution is -1.91. The molecule has 0 saturated carbocycles. The van der Waals surface area contributed by atoms with E-state index in [4.69, 9.17) is 16.3 Å². The van der Waals surface area contributed by atoms with E-state index in [2.05, 4.69) is 25.1 Å². The Balaban J connectivity index is 0.000000861.